The summed E-state index contributed by atoms with van der Waals surface area (Å²) in [5.74, 6) is 0. The maximum absolute atomic E-state index is 5.62. The van der Waals surface area contributed by atoms with Gasteiger partial charge in [0.05, 0.1) is 11.7 Å². The zero-order valence-electron chi connectivity index (χ0n) is 6.59. The Bertz CT molecular complexity index is 142. The molecule has 0 aliphatic carbocycles. The third-order valence-corrected chi connectivity index (χ3v) is 2.37. The molecule has 0 amide bonds. The Morgan fingerprint density at radius 1 is 1.40 bits per heavy atom. The summed E-state index contributed by atoms with van der Waals surface area (Å²) in [6.45, 7) is 5.13. The smallest absolute Gasteiger partial charge is 0.112 e. The van der Waals surface area contributed by atoms with Crippen LogP contribution in [-0.2, 0) is 9.47 Å². The number of epoxide rings is 1. The van der Waals surface area contributed by atoms with Gasteiger partial charge in [-0.1, -0.05) is 0 Å². The van der Waals surface area contributed by atoms with Crippen LogP contribution in [-0.4, -0.2) is 24.4 Å². The van der Waals surface area contributed by atoms with Crippen molar-refractivity contribution in [2.24, 2.45) is 0 Å². The van der Waals surface area contributed by atoms with E-state index in [2.05, 4.69) is 13.8 Å². The zero-order chi connectivity index (χ0) is 7.19. The molecule has 2 fully saturated rings. The van der Waals surface area contributed by atoms with E-state index in [1.807, 2.05) is 0 Å². The van der Waals surface area contributed by atoms with Gasteiger partial charge in [-0.3, -0.25) is 0 Å². The first kappa shape index (κ1) is 6.62. The molecule has 2 aliphatic rings. The summed E-state index contributed by atoms with van der Waals surface area (Å²) in [6.07, 6.45) is 3.24. The lowest BCUT2D eigenvalue weighted by atomic mass is 10.0. The molecule has 0 bridgehead atoms. The fourth-order valence-electron chi connectivity index (χ4n) is 1.68. The van der Waals surface area contributed by atoms with Crippen LogP contribution in [0.2, 0.25) is 0 Å². The van der Waals surface area contributed by atoms with Gasteiger partial charge in [-0.2, -0.15) is 0 Å². The first-order chi connectivity index (χ1) is 4.70. The average molecular weight is 142 g/mol. The quantitative estimate of drug-likeness (QED) is 0.476. The fourth-order valence-corrected chi connectivity index (χ4v) is 1.68. The first-order valence-corrected chi connectivity index (χ1v) is 3.99. The Morgan fingerprint density at radius 3 is 3.00 bits per heavy atom. The Balaban J connectivity index is 2.06. The molecule has 2 atom stereocenters. The molecule has 0 aromatic heterocycles. The van der Waals surface area contributed by atoms with Crippen molar-refractivity contribution in [1.29, 1.82) is 0 Å². The van der Waals surface area contributed by atoms with Crippen LogP contribution in [0.25, 0.3) is 0 Å². The first-order valence-electron chi connectivity index (χ1n) is 3.99. The highest BCUT2D eigenvalue weighted by atomic mass is 16.6. The molecule has 0 aromatic carbocycles. The summed E-state index contributed by atoms with van der Waals surface area (Å²) in [5.41, 5.74) is -0.0266. The molecule has 0 saturated carbocycles. The van der Waals surface area contributed by atoms with Crippen molar-refractivity contribution in [3.63, 3.8) is 0 Å². The van der Waals surface area contributed by atoms with E-state index in [-0.39, 0.29) is 5.60 Å². The normalized spacial score (nSPS) is 43.8. The maximum atomic E-state index is 5.62. The minimum Gasteiger partial charge on any atom is -0.373 e. The van der Waals surface area contributed by atoms with Crippen molar-refractivity contribution in [2.75, 3.05) is 6.61 Å². The molecule has 2 heteroatoms. The standard InChI is InChI=1S/C8H14O2/c1-8(2)7-6(10-7)4-3-5-9-8/h6-7H,3-5H2,1-2H3. The van der Waals surface area contributed by atoms with Crippen molar-refractivity contribution >= 4 is 0 Å². The van der Waals surface area contributed by atoms with Gasteiger partial charge in [0, 0.05) is 6.61 Å². The molecule has 2 aliphatic heterocycles. The lowest BCUT2D eigenvalue weighted by Gasteiger charge is -2.21. The Morgan fingerprint density at radius 2 is 2.20 bits per heavy atom. The van der Waals surface area contributed by atoms with Crippen molar-refractivity contribution in [3.05, 3.63) is 0 Å². The van der Waals surface area contributed by atoms with Gasteiger partial charge >= 0.3 is 0 Å². The molecule has 0 N–H and O–H groups in total. The number of hydrogen-bond acceptors (Lipinski definition) is 2. The summed E-state index contributed by atoms with van der Waals surface area (Å²) < 4.78 is 11.1. The molecule has 2 heterocycles. The second kappa shape index (κ2) is 1.95. The van der Waals surface area contributed by atoms with E-state index < -0.39 is 0 Å². The fraction of sp³-hybridized carbons (Fsp3) is 1.00. The highest BCUT2D eigenvalue weighted by molar-refractivity contribution is 4.98. The van der Waals surface area contributed by atoms with Gasteiger partial charge in [-0.05, 0) is 26.7 Å². The Hall–Kier alpha value is -0.0800. The monoisotopic (exact) mass is 142 g/mol. The van der Waals surface area contributed by atoms with Crippen LogP contribution in [0.15, 0.2) is 0 Å². The molecule has 2 nitrogen and oxygen atoms in total. The largest absolute Gasteiger partial charge is 0.373 e. The van der Waals surface area contributed by atoms with Crippen LogP contribution in [0.4, 0.5) is 0 Å². The van der Waals surface area contributed by atoms with Crippen molar-refractivity contribution in [1.82, 2.24) is 0 Å². The summed E-state index contributed by atoms with van der Waals surface area (Å²) >= 11 is 0. The lowest BCUT2D eigenvalue weighted by Crippen LogP contribution is -2.31. The molecule has 0 aromatic rings. The highest BCUT2D eigenvalue weighted by Gasteiger charge is 2.51. The molecule has 0 radical (unpaired) electrons. The number of ether oxygens (including phenoxy) is 2. The second-order valence-corrected chi connectivity index (χ2v) is 3.69. The van der Waals surface area contributed by atoms with E-state index in [0.717, 1.165) is 13.0 Å². The SMILES string of the molecule is CC1(C)OCCCC2OC21. The zero-order valence-corrected chi connectivity index (χ0v) is 6.59. The third-order valence-electron chi connectivity index (χ3n) is 2.37. The predicted molar refractivity (Wildman–Crippen MR) is 37.9 cm³/mol. The molecule has 10 heavy (non-hydrogen) atoms. The van der Waals surface area contributed by atoms with Gasteiger partial charge in [-0.15, -0.1) is 0 Å². The minimum absolute atomic E-state index is 0.0266. The van der Waals surface area contributed by atoms with E-state index in [1.165, 1.54) is 6.42 Å². The van der Waals surface area contributed by atoms with Crippen molar-refractivity contribution < 1.29 is 9.47 Å². The summed E-state index contributed by atoms with van der Waals surface area (Å²) in [6, 6.07) is 0. The van der Waals surface area contributed by atoms with Gasteiger partial charge in [0.1, 0.15) is 6.10 Å². The summed E-state index contributed by atoms with van der Waals surface area (Å²) in [5, 5.41) is 0. The highest BCUT2D eigenvalue weighted by Crippen LogP contribution is 2.39. The molecular weight excluding hydrogens is 128 g/mol. The van der Waals surface area contributed by atoms with Crippen LogP contribution in [0.5, 0.6) is 0 Å². The van der Waals surface area contributed by atoms with Gasteiger partial charge in [0.25, 0.3) is 0 Å². The summed E-state index contributed by atoms with van der Waals surface area (Å²) in [4.78, 5) is 0. The average Bonchev–Trinajstić information content (AvgIpc) is 2.56. The minimum atomic E-state index is -0.0266. The Kier molecular flexibility index (Phi) is 1.29. The van der Waals surface area contributed by atoms with Crippen LogP contribution in [0, 0.1) is 0 Å². The summed E-state index contributed by atoms with van der Waals surface area (Å²) in [7, 11) is 0. The molecule has 2 saturated heterocycles. The second-order valence-electron chi connectivity index (χ2n) is 3.69. The van der Waals surface area contributed by atoms with Gasteiger partial charge in [0.2, 0.25) is 0 Å². The van der Waals surface area contributed by atoms with Crippen LogP contribution < -0.4 is 0 Å². The molecule has 0 spiro atoms. The molecular formula is C8H14O2. The Labute approximate surface area is 61.5 Å². The van der Waals surface area contributed by atoms with E-state index in [0.29, 0.717) is 12.2 Å². The van der Waals surface area contributed by atoms with Gasteiger partial charge in [0.15, 0.2) is 0 Å². The number of hydrogen-bond donors (Lipinski definition) is 0. The molecule has 2 rings (SSSR count). The van der Waals surface area contributed by atoms with Crippen molar-refractivity contribution in [3.8, 4) is 0 Å². The van der Waals surface area contributed by atoms with Gasteiger partial charge in [-0.25, -0.2) is 0 Å². The van der Waals surface area contributed by atoms with E-state index in [1.54, 1.807) is 0 Å². The third kappa shape index (κ3) is 0.956. The van der Waals surface area contributed by atoms with Gasteiger partial charge < -0.3 is 9.47 Å². The topological polar surface area (TPSA) is 21.8 Å². The number of fused-ring (bicyclic) bond motifs is 1. The molecule has 2 unspecified atom stereocenters. The number of rotatable bonds is 0. The van der Waals surface area contributed by atoms with E-state index in [4.69, 9.17) is 9.47 Å². The lowest BCUT2D eigenvalue weighted by molar-refractivity contribution is -0.0360. The predicted octanol–water partition coefficient (Wildman–Crippen LogP) is 1.34. The van der Waals surface area contributed by atoms with Crippen LogP contribution >= 0.6 is 0 Å². The van der Waals surface area contributed by atoms with E-state index >= 15 is 0 Å². The van der Waals surface area contributed by atoms with Crippen molar-refractivity contribution in [2.45, 2.75) is 44.5 Å². The van der Waals surface area contributed by atoms with Crippen LogP contribution in [0.1, 0.15) is 26.7 Å². The van der Waals surface area contributed by atoms with E-state index in [9.17, 15) is 0 Å². The molecule has 58 valence electrons. The van der Waals surface area contributed by atoms with Crippen LogP contribution in [0.3, 0.4) is 0 Å². The maximum Gasteiger partial charge on any atom is 0.112 e.